The molecule has 3 N–H and O–H groups in total. The molecule has 142 valence electrons. The predicted molar refractivity (Wildman–Crippen MR) is 103 cm³/mol. The molecule has 2 aliphatic heterocycles. The van der Waals surface area contributed by atoms with E-state index in [1.807, 2.05) is 6.92 Å². The van der Waals surface area contributed by atoms with Crippen molar-refractivity contribution in [3.8, 4) is 0 Å². The number of thiophene rings is 1. The van der Waals surface area contributed by atoms with Gasteiger partial charge >= 0.3 is 6.03 Å². The number of likely N-dealkylation sites (tertiary alicyclic amines) is 1. The van der Waals surface area contributed by atoms with E-state index in [1.54, 1.807) is 11.3 Å². The maximum absolute atomic E-state index is 12.1. The highest BCUT2D eigenvalue weighted by Gasteiger charge is 2.48. The third-order valence-corrected chi connectivity index (χ3v) is 5.99. The summed E-state index contributed by atoms with van der Waals surface area (Å²) in [4.78, 5) is 30.7. The van der Waals surface area contributed by atoms with Gasteiger partial charge in [-0.05, 0) is 61.4 Å². The van der Waals surface area contributed by atoms with Crippen LogP contribution in [0.15, 0.2) is 21.8 Å². The summed E-state index contributed by atoms with van der Waals surface area (Å²) in [5.74, 6) is 0.863. The first-order chi connectivity index (χ1) is 12.5. The van der Waals surface area contributed by atoms with E-state index in [9.17, 15) is 9.59 Å². The highest BCUT2D eigenvalue weighted by molar-refractivity contribution is 7.07. The van der Waals surface area contributed by atoms with Gasteiger partial charge in [0.25, 0.3) is 5.91 Å². The van der Waals surface area contributed by atoms with Crippen molar-refractivity contribution < 1.29 is 9.59 Å². The smallest absolute Gasteiger partial charge is 0.322 e. The minimum absolute atomic E-state index is 0.138. The molecule has 0 aromatic carbocycles. The first kappa shape index (κ1) is 18.7. The molecule has 1 unspecified atom stereocenters. The molecule has 0 aliphatic carbocycles. The third-order valence-electron chi connectivity index (χ3n) is 5.26. The number of guanidine groups is 1. The van der Waals surface area contributed by atoms with Crippen LogP contribution in [0.1, 0.15) is 32.3 Å². The summed E-state index contributed by atoms with van der Waals surface area (Å²) in [5.41, 5.74) is 0.529. The Morgan fingerprint density at radius 2 is 2.19 bits per heavy atom. The molecule has 2 fully saturated rings. The summed E-state index contributed by atoms with van der Waals surface area (Å²) in [6, 6.07) is 1.75. The van der Waals surface area contributed by atoms with Gasteiger partial charge in [-0.1, -0.05) is 0 Å². The van der Waals surface area contributed by atoms with Crippen molar-refractivity contribution in [1.29, 1.82) is 0 Å². The van der Waals surface area contributed by atoms with E-state index >= 15 is 0 Å². The van der Waals surface area contributed by atoms with Crippen molar-refractivity contribution in [1.82, 2.24) is 20.9 Å². The zero-order chi connectivity index (χ0) is 18.6. The van der Waals surface area contributed by atoms with Crippen molar-refractivity contribution in [3.63, 3.8) is 0 Å². The molecule has 0 bridgehead atoms. The van der Waals surface area contributed by atoms with Crippen LogP contribution >= 0.6 is 11.3 Å². The molecule has 0 saturated carbocycles. The third kappa shape index (κ3) is 4.00. The Balaban J connectivity index is 1.57. The summed E-state index contributed by atoms with van der Waals surface area (Å²) < 4.78 is 0. The Hall–Kier alpha value is -2.09. The van der Waals surface area contributed by atoms with Crippen molar-refractivity contribution in [2.75, 3.05) is 26.2 Å². The second kappa shape index (κ2) is 8.07. The van der Waals surface area contributed by atoms with E-state index in [0.29, 0.717) is 0 Å². The summed E-state index contributed by atoms with van der Waals surface area (Å²) >= 11 is 1.71. The van der Waals surface area contributed by atoms with Gasteiger partial charge < -0.3 is 15.5 Å². The summed E-state index contributed by atoms with van der Waals surface area (Å²) in [6.45, 7) is 7.14. The molecule has 1 aromatic heterocycles. The molecule has 1 atom stereocenters. The zero-order valence-corrected chi connectivity index (χ0v) is 16.2. The molecule has 3 rings (SSSR count). The highest BCUT2D eigenvalue weighted by atomic mass is 32.1. The fraction of sp³-hybridized carbons (Fsp3) is 0.611. The van der Waals surface area contributed by atoms with Gasteiger partial charge in [0.2, 0.25) is 0 Å². The Kier molecular flexibility index (Phi) is 5.80. The maximum atomic E-state index is 12.1. The van der Waals surface area contributed by atoms with Crippen LogP contribution in [0.3, 0.4) is 0 Å². The van der Waals surface area contributed by atoms with Crippen molar-refractivity contribution in [2.24, 2.45) is 10.9 Å². The van der Waals surface area contributed by atoms with Crippen molar-refractivity contribution in [3.05, 3.63) is 22.4 Å². The topological polar surface area (TPSA) is 85.8 Å². The van der Waals surface area contributed by atoms with E-state index in [2.05, 4.69) is 44.6 Å². The Bertz CT molecular complexity index is 667. The second-order valence-corrected chi connectivity index (χ2v) is 7.77. The molecule has 2 saturated heterocycles. The fourth-order valence-corrected chi connectivity index (χ4v) is 4.37. The molecule has 2 aliphatic rings. The van der Waals surface area contributed by atoms with Gasteiger partial charge in [0.1, 0.15) is 5.54 Å². The average Bonchev–Trinajstić information content (AvgIpc) is 3.23. The minimum atomic E-state index is -0.794. The van der Waals surface area contributed by atoms with Gasteiger partial charge in [-0.3, -0.25) is 15.1 Å². The van der Waals surface area contributed by atoms with Crippen LogP contribution in [0.25, 0.3) is 0 Å². The first-order valence-corrected chi connectivity index (χ1v) is 10.1. The summed E-state index contributed by atoms with van der Waals surface area (Å²) in [5, 5.41) is 12.8. The fourth-order valence-electron chi connectivity index (χ4n) is 3.66. The maximum Gasteiger partial charge on any atom is 0.322 e. The summed E-state index contributed by atoms with van der Waals surface area (Å²) in [7, 11) is 0. The number of rotatable bonds is 5. The molecule has 3 amide bonds. The van der Waals surface area contributed by atoms with E-state index in [1.165, 1.54) is 5.56 Å². The number of amides is 3. The number of nitrogens with one attached hydrogen (secondary N) is 3. The Labute approximate surface area is 158 Å². The number of hydrogen-bond donors (Lipinski definition) is 3. The van der Waals surface area contributed by atoms with Crippen molar-refractivity contribution >= 4 is 29.2 Å². The number of carbonyl (C=O) groups excluding carboxylic acids is 2. The largest absolute Gasteiger partial charge is 0.357 e. The zero-order valence-electron chi connectivity index (χ0n) is 15.4. The second-order valence-electron chi connectivity index (χ2n) is 6.99. The minimum Gasteiger partial charge on any atom is -0.357 e. The normalized spacial score (nSPS) is 24.5. The van der Waals surface area contributed by atoms with Crippen LogP contribution in [0.4, 0.5) is 4.79 Å². The van der Waals surface area contributed by atoms with Crippen LogP contribution in [-0.4, -0.2) is 54.5 Å². The van der Waals surface area contributed by atoms with Crippen LogP contribution < -0.4 is 16.0 Å². The lowest BCUT2D eigenvalue weighted by Crippen LogP contribution is -2.55. The molecule has 0 spiro atoms. The molecule has 3 heterocycles. The van der Waals surface area contributed by atoms with Gasteiger partial charge in [-0.15, -0.1) is 0 Å². The number of urea groups is 1. The van der Waals surface area contributed by atoms with Crippen molar-refractivity contribution in [2.45, 2.75) is 38.6 Å². The average molecular weight is 378 g/mol. The van der Waals surface area contributed by atoms with Crippen LogP contribution in [-0.2, 0) is 11.2 Å². The van der Waals surface area contributed by atoms with Gasteiger partial charge in [-0.25, -0.2) is 4.79 Å². The summed E-state index contributed by atoms with van der Waals surface area (Å²) in [6.07, 6.45) is 2.64. The monoisotopic (exact) mass is 377 g/mol. The lowest BCUT2D eigenvalue weighted by atomic mass is 9.79. The lowest BCUT2D eigenvalue weighted by Gasteiger charge is -2.39. The van der Waals surface area contributed by atoms with Gasteiger partial charge in [0.15, 0.2) is 5.96 Å². The number of nitrogens with zero attached hydrogens (tertiary/aromatic N) is 2. The quantitative estimate of drug-likeness (QED) is 0.413. The molecule has 26 heavy (non-hydrogen) atoms. The van der Waals surface area contributed by atoms with Crippen LogP contribution in [0.2, 0.25) is 0 Å². The number of imide groups is 1. The Morgan fingerprint density at radius 3 is 2.77 bits per heavy atom. The van der Waals surface area contributed by atoms with E-state index in [4.69, 9.17) is 4.99 Å². The number of piperidine rings is 1. The van der Waals surface area contributed by atoms with Gasteiger partial charge in [0, 0.05) is 26.2 Å². The Morgan fingerprint density at radius 1 is 1.42 bits per heavy atom. The van der Waals surface area contributed by atoms with Gasteiger partial charge in [0.05, 0.1) is 0 Å². The number of carbonyl (C=O) groups is 2. The molecule has 7 nitrogen and oxygen atoms in total. The lowest BCUT2D eigenvalue weighted by molar-refractivity contribution is -0.125. The van der Waals surface area contributed by atoms with Crippen LogP contribution in [0.5, 0.6) is 0 Å². The van der Waals surface area contributed by atoms with Crippen LogP contribution in [0, 0.1) is 5.92 Å². The first-order valence-electron chi connectivity index (χ1n) is 9.21. The standard InChI is InChI=1S/C18H27N5O2S/c1-3-19-16(20-8-4-13-7-11-26-12-13)23-9-5-14(6-10-23)18(2)15(24)21-17(25)22-18/h7,11-12,14H,3-6,8-10H2,1-2H3,(H,19,20)(H2,21,22,24,25). The predicted octanol–water partition coefficient (Wildman–Crippen LogP) is 1.57. The number of hydrogen-bond acceptors (Lipinski definition) is 4. The highest BCUT2D eigenvalue weighted by Crippen LogP contribution is 2.30. The van der Waals surface area contributed by atoms with E-state index < -0.39 is 5.54 Å². The van der Waals surface area contributed by atoms with E-state index in [0.717, 1.165) is 51.4 Å². The van der Waals surface area contributed by atoms with Gasteiger partial charge in [-0.2, -0.15) is 11.3 Å². The van der Waals surface area contributed by atoms with E-state index in [-0.39, 0.29) is 17.9 Å². The molecule has 1 aromatic rings. The SMILES string of the molecule is CCNC(=NCCc1ccsc1)N1CCC(C2(C)NC(=O)NC2=O)CC1. The molecular formula is C18H27N5O2S. The molecular weight excluding hydrogens is 350 g/mol. The number of aliphatic imine (C=N–C) groups is 1. The molecule has 0 radical (unpaired) electrons. The molecule has 8 heteroatoms.